The Balaban J connectivity index is 1.45. The summed E-state index contributed by atoms with van der Waals surface area (Å²) in [7, 11) is -5.93. The van der Waals surface area contributed by atoms with Gasteiger partial charge in [-0.15, -0.1) is 0 Å². The molecule has 0 amide bonds. The summed E-state index contributed by atoms with van der Waals surface area (Å²) >= 11 is 6.26. The highest BCUT2D eigenvalue weighted by atomic mass is 35.5. The molecule has 0 spiro atoms. The zero-order valence-electron chi connectivity index (χ0n) is 20.3. The molecule has 39 heavy (non-hydrogen) atoms. The highest BCUT2D eigenvalue weighted by Crippen LogP contribution is 2.31. The normalized spacial score (nSPS) is 21.0. The van der Waals surface area contributed by atoms with Gasteiger partial charge in [-0.1, -0.05) is 11.6 Å². The predicted molar refractivity (Wildman–Crippen MR) is 138 cm³/mol. The second-order valence-electron chi connectivity index (χ2n) is 8.77. The molecule has 2 atom stereocenters. The first kappa shape index (κ1) is 29.3. The van der Waals surface area contributed by atoms with Crippen LogP contribution < -0.4 is 15.2 Å². The van der Waals surface area contributed by atoms with Crippen molar-refractivity contribution in [3.8, 4) is 6.07 Å². The summed E-state index contributed by atoms with van der Waals surface area (Å²) in [5, 5.41) is 15.6. The van der Waals surface area contributed by atoms with Crippen molar-refractivity contribution in [1.29, 1.82) is 5.26 Å². The van der Waals surface area contributed by atoms with Crippen LogP contribution in [0.1, 0.15) is 24.4 Å². The molecule has 0 bridgehead atoms. The third-order valence-corrected chi connectivity index (χ3v) is 10.3. The maximum absolute atomic E-state index is 14.4. The van der Waals surface area contributed by atoms with E-state index in [-0.39, 0.29) is 58.3 Å². The van der Waals surface area contributed by atoms with Gasteiger partial charge in [0, 0.05) is 36.2 Å². The number of nitriles is 1. The van der Waals surface area contributed by atoms with E-state index in [1.807, 2.05) is 0 Å². The third kappa shape index (κ3) is 6.22. The van der Waals surface area contributed by atoms with Crippen molar-refractivity contribution in [2.24, 2.45) is 0 Å². The van der Waals surface area contributed by atoms with Gasteiger partial charge in [-0.25, -0.2) is 9.07 Å². The second kappa shape index (κ2) is 12.2. The van der Waals surface area contributed by atoms with E-state index in [4.69, 9.17) is 21.6 Å². The first-order chi connectivity index (χ1) is 18.5. The number of benzene rings is 1. The Labute approximate surface area is 229 Å². The molecule has 1 aromatic carbocycles. The fourth-order valence-corrected chi connectivity index (χ4v) is 7.18. The van der Waals surface area contributed by atoms with E-state index in [0.29, 0.717) is 25.0 Å². The minimum atomic E-state index is -4.86. The van der Waals surface area contributed by atoms with Crippen molar-refractivity contribution in [2.75, 3.05) is 48.2 Å². The minimum absolute atomic E-state index is 0.0561. The van der Waals surface area contributed by atoms with Crippen LogP contribution in [0.25, 0.3) is 0 Å². The van der Waals surface area contributed by atoms with Crippen molar-refractivity contribution >= 4 is 44.0 Å². The number of aromatic nitrogens is 2. The summed E-state index contributed by atoms with van der Waals surface area (Å²) in [4.78, 5) is 12.9. The van der Waals surface area contributed by atoms with Crippen molar-refractivity contribution in [3.63, 3.8) is 0 Å². The molecule has 4 rings (SSSR count). The van der Waals surface area contributed by atoms with Crippen LogP contribution in [0.2, 0.25) is 5.02 Å². The number of hydrogen-bond acceptors (Lipinski definition) is 8. The molecule has 0 unspecified atom stereocenters. The fourth-order valence-electron chi connectivity index (χ4n) is 4.33. The lowest BCUT2D eigenvalue weighted by Gasteiger charge is -2.35. The van der Waals surface area contributed by atoms with Crippen molar-refractivity contribution < 1.29 is 30.5 Å². The molecule has 2 aliphatic rings. The summed E-state index contributed by atoms with van der Waals surface area (Å²) in [5.41, 5.74) is -1.42. The SMILES string of the molecule is N#Cc1ccc(N(C(F)F)S(=O)(=O)N2CCC(n3ncc(NC[C@@H]4COCC[S@@]4=O)c(Cl)c3=O)CC2)c(F)c1. The number of rotatable bonds is 8. The average Bonchev–Trinajstić information content (AvgIpc) is 2.91. The van der Waals surface area contributed by atoms with Crippen LogP contribution in [-0.4, -0.2) is 77.1 Å². The standard InChI is InChI=1S/C22H24ClF3N6O5S2/c23-20-18(28-11-16-13-37-7-8-38(16)34)12-29-31(21(20)33)15-3-5-30(6-4-15)39(35,36)32(22(25)26)19-2-1-14(10-27)9-17(19)24/h1-2,9,12,15-16,22,28H,3-8,11,13H2/t16-,38+/m1/s1. The van der Waals surface area contributed by atoms with Gasteiger partial charge in [-0.3, -0.25) is 9.00 Å². The van der Waals surface area contributed by atoms with Gasteiger partial charge >= 0.3 is 16.8 Å². The number of nitrogens with zero attached hydrogens (tertiary/aromatic N) is 5. The maximum Gasteiger partial charge on any atom is 0.329 e. The number of nitrogens with one attached hydrogen (secondary N) is 1. The first-order valence-corrected chi connectivity index (χ1v) is 14.9. The third-order valence-electron chi connectivity index (χ3n) is 6.40. The molecule has 0 aliphatic carbocycles. The van der Waals surface area contributed by atoms with E-state index >= 15 is 0 Å². The Morgan fingerprint density at radius 1 is 1.33 bits per heavy atom. The summed E-state index contributed by atoms with van der Waals surface area (Å²) < 4.78 is 87.3. The minimum Gasteiger partial charge on any atom is -0.381 e. The van der Waals surface area contributed by atoms with Crippen molar-refractivity contribution in [2.45, 2.75) is 30.7 Å². The number of piperidine rings is 1. The summed E-state index contributed by atoms with van der Waals surface area (Å²) in [6.45, 7) is -3.08. The van der Waals surface area contributed by atoms with Crippen molar-refractivity contribution in [3.05, 3.63) is 51.2 Å². The van der Waals surface area contributed by atoms with Gasteiger partial charge in [0.15, 0.2) is 0 Å². The lowest BCUT2D eigenvalue weighted by atomic mass is 10.1. The van der Waals surface area contributed by atoms with E-state index in [1.165, 1.54) is 6.20 Å². The maximum atomic E-state index is 14.4. The van der Waals surface area contributed by atoms with E-state index in [1.54, 1.807) is 6.07 Å². The van der Waals surface area contributed by atoms with Gasteiger partial charge < -0.3 is 10.1 Å². The quantitative estimate of drug-likeness (QED) is 0.450. The second-order valence-corrected chi connectivity index (χ2v) is 12.8. The van der Waals surface area contributed by atoms with Gasteiger partial charge in [-0.05, 0) is 31.0 Å². The molecule has 17 heteroatoms. The lowest BCUT2D eigenvalue weighted by Crippen LogP contribution is -2.50. The number of ether oxygens (including phenoxy) is 1. The smallest absolute Gasteiger partial charge is 0.329 e. The zero-order chi connectivity index (χ0) is 28.3. The molecule has 212 valence electrons. The van der Waals surface area contributed by atoms with Gasteiger partial charge in [0.05, 0.1) is 53.7 Å². The zero-order valence-corrected chi connectivity index (χ0v) is 22.7. The van der Waals surface area contributed by atoms with Crippen LogP contribution >= 0.6 is 11.6 Å². The molecular formula is C22H24ClF3N6O5S2. The van der Waals surface area contributed by atoms with E-state index in [9.17, 15) is 30.6 Å². The van der Waals surface area contributed by atoms with E-state index < -0.39 is 50.7 Å². The average molecular weight is 609 g/mol. The molecule has 2 fully saturated rings. The predicted octanol–water partition coefficient (Wildman–Crippen LogP) is 2.08. The number of halogens is 4. The molecule has 2 aromatic rings. The van der Waals surface area contributed by atoms with Gasteiger partial charge in [0.1, 0.15) is 10.8 Å². The molecule has 2 saturated heterocycles. The van der Waals surface area contributed by atoms with Crippen LogP contribution in [-0.2, 0) is 25.7 Å². The number of hydrogen-bond donors (Lipinski definition) is 1. The molecule has 2 aliphatic heterocycles. The summed E-state index contributed by atoms with van der Waals surface area (Å²) in [5.74, 6) is -0.861. The number of alkyl halides is 2. The summed E-state index contributed by atoms with van der Waals surface area (Å²) in [6, 6.07) is 3.61. The van der Waals surface area contributed by atoms with Crippen LogP contribution in [0.3, 0.4) is 0 Å². The fraction of sp³-hybridized carbons (Fsp3) is 0.500. The van der Waals surface area contributed by atoms with E-state index in [2.05, 4.69) is 10.4 Å². The Hall–Kier alpha value is -2.71. The molecule has 0 saturated carbocycles. The summed E-state index contributed by atoms with van der Waals surface area (Å²) in [6.07, 6.45) is 1.45. The van der Waals surface area contributed by atoms with Gasteiger partial charge in [0.2, 0.25) is 0 Å². The lowest BCUT2D eigenvalue weighted by molar-refractivity contribution is 0.142. The van der Waals surface area contributed by atoms with Crippen LogP contribution in [0.15, 0.2) is 29.2 Å². The highest BCUT2D eigenvalue weighted by Gasteiger charge is 2.39. The Morgan fingerprint density at radius 2 is 2.05 bits per heavy atom. The molecule has 1 aromatic heterocycles. The Kier molecular flexibility index (Phi) is 9.17. The Bertz CT molecular complexity index is 1450. The molecule has 11 nitrogen and oxygen atoms in total. The molecule has 1 N–H and O–H groups in total. The van der Waals surface area contributed by atoms with Crippen LogP contribution in [0.5, 0.6) is 0 Å². The Morgan fingerprint density at radius 3 is 2.67 bits per heavy atom. The molecule has 0 radical (unpaired) electrons. The monoisotopic (exact) mass is 608 g/mol. The highest BCUT2D eigenvalue weighted by molar-refractivity contribution is 7.90. The van der Waals surface area contributed by atoms with Crippen LogP contribution in [0, 0.1) is 17.1 Å². The largest absolute Gasteiger partial charge is 0.381 e. The van der Waals surface area contributed by atoms with E-state index in [0.717, 1.165) is 21.1 Å². The topological polar surface area (TPSA) is 138 Å². The van der Waals surface area contributed by atoms with Gasteiger partial charge in [-0.2, -0.15) is 36.2 Å². The number of anilines is 2. The molecule has 3 heterocycles. The first-order valence-electron chi connectivity index (χ1n) is 11.8. The molecular weight excluding hydrogens is 585 g/mol. The van der Waals surface area contributed by atoms with Gasteiger partial charge in [0.25, 0.3) is 5.56 Å². The van der Waals surface area contributed by atoms with Crippen molar-refractivity contribution in [1.82, 2.24) is 14.1 Å². The van der Waals surface area contributed by atoms with Crippen LogP contribution in [0.4, 0.5) is 24.5 Å².